The standard InChI is InChI=1S/C23H20N4O5S/c1-29-17-11-14(12-18(30-2)19(17)31-3)21(28)27-23(33)25-15-8-6-13(7-9-15)22-26-20-16(32-22)5-4-10-24-20/h4-12H,1-3H3,(H2,25,27,28,33). The number of hydrogen-bond donors (Lipinski definition) is 2. The third kappa shape index (κ3) is 4.70. The lowest BCUT2D eigenvalue weighted by Crippen LogP contribution is -2.34. The summed E-state index contributed by atoms with van der Waals surface area (Å²) >= 11 is 5.28. The highest BCUT2D eigenvalue weighted by atomic mass is 32.1. The van der Waals surface area contributed by atoms with Gasteiger partial charge in [-0.2, -0.15) is 4.98 Å². The molecule has 4 aromatic rings. The SMILES string of the molecule is COc1cc(C(=O)NC(=S)Nc2ccc(-c3nc4ncccc4o3)cc2)cc(OC)c1OC. The Balaban J connectivity index is 1.44. The second kappa shape index (κ2) is 9.53. The van der Waals surface area contributed by atoms with Gasteiger partial charge < -0.3 is 23.9 Å². The van der Waals surface area contributed by atoms with Crippen LogP contribution in [0.5, 0.6) is 17.2 Å². The first-order valence-corrected chi connectivity index (χ1v) is 10.2. The van der Waals surface area contributed by atoms with E-state index in [1.54, 1.807) is 36.5 Å². The lowest BCUT2D eigenvalue weighted by atomic mass is 10.1. The van der Waals surface area contributed by atoms with Gasteiger partial charge in [0.05, 0.1) is 21.3 Å². The van der Waals surface area contributed by atoms with Crippen molar-refractivity contribution in [3.63, 3.8) is 0 Å². The van der Waals surface area contributed by atoms with Crippen LogP contribution in [0.15, 0.2) is 59.1 Å². The number of carbonyl (C=O) groups is 1. The van der Waals surface area contributed by atoms with E-state index in [4.69, 9.17) is 30.8 Å². The van der Waals surface area contributed by atoms with Crippen molar-refractivity contribution in [3.8, 4) is 28.7 Å². The summed E-state index contributed by atoms with van der Waals surface area (Å²) < 4.78 is 21.6. The van der Waals surface area contributed by atoms with Crippen molar-refractivity contribution < 1.29 is 23.4 Å². The van der Waals surface area contributed by atoms with Crippen LogP contribution in [0.2, 0.25) is 0 Å². The molecule has 0 unspecified atom stereocenters. The zero-order valence-electron chi connectivity index (χ0n) is 18.0. The van der Waals surface area contributed by atoms with Crippen LogP contribution in [0.1, 0.15) is 10.4 Å². The number of methoxy groups -OCH3 is 3. The molecule has 168 valence electrons. The number of rotatable bonds is 6. The number of oxazole rings is 1. The van der Waals surface area contributed by atoms with Gasteiger partial charge in [0.1, 0.15) is 0 Å². The zero-order valence-corrected chi connectivity index (χ0v) is 18.9. The first-order valence-electron chi connectivity index (χ1n) is 9.76. The van der Waals surface area contributed by atoms with Gasteiger partial charge in [0.25, 0.3) is 5.91 Å². The Bertz CT molecular complexity index is 1260. The van der Waals surface area contributed by atoms with Gasteiger partial charge in [-0.1, -0.05) is 0 Å². The normalized spacial score (nSPS) is 10.5. The molecule has 0 aliphatic carbocycles. The number of nitrogens with one attached hydrogen (secondary N) is 2. The molecule has 4 rings (SSSR count). The van der Waals surface area contributed by atoms with E-state index in [-0.39, 0.29) is 5.11 Å². The Morgan fingerprint density at radius 1 is 1.00 bits per heavy atom. The highest BCUT2D eigenvalue weighted by Gasteiger charge is 2.18. The van der Waals surface area contributed by atoms with Crippen molar-refractivity contribution in [2.75, 3.05) is 26.6 Å². The summed E-state index contributed by atoms with van der Waals surface area (Å²) in [5.74, 6) is 1.17. The number of thiocarbonyl (C=S) groups is 1. The quantitative estimate of drug-likeness (QED) is 0.409. The van der Waals surface area contributed by atoms with Crippen molar-refractivity contribution in [1.29, 1.82) is 0 Å². The monoisotopic (exact) mass is 464 g/mol. The lowest BCUT2D eigenvalue weighted by Gasteiger charge is -2.14. The number of fused-ring (bicyclic) bond motifs is 1. The summed E-state index contributed by atoms with van der Waals surface area (Å²) in [6.45, 7) is 0. The summed E-state index contributed by atoms with van der Waals surface area (Å²) in [7, 11) is 4.45. The van der Waals surface area contributed by atoms with Crippen LogP contribution >= 0.6 is 12.2 Å². The van der Waals surface area contributed by atoms with Crippen LogP contribution in [-0.2, 0) is 0 Å². The molecule has 0 aliphatic rings. The number of pyridine rings is 1. The van der Waals surface area contributed by atoms with Gasteiger partial charge in [-0.25, -0.2) is 4.98 Å². The van der Waals surface area contributed by atoms with Gasteiger partial charge in [0.15, 0.2) is 27.8 Å². The minimum absolute atomic E-state index is 0.132. The molecular formula is C23H20N4O5S. The van der Waals surface area contributed by atoms with Gasteiger partial charge in [-0.3, -0.25) is 10.1 Å². The maximum Gasteiger partial charge on any atom is 0.257 e. The van der Waals surface area contributed by atoms with Crippen molar-refractivity contribution in [1.82, 2.24) is 15.3 Å². The largest absolute Gasteiger partial charge is 0.493 e. The summed E-state index contributed by atoms with van der Waals surface area (Å²) in [4.78, 5) is 21.2. The predicted molar refractivity (Wildman–Crippen MR) is 127 cm³/mol. The molecule has 33 heavy (non-hydrogen) atoms. The van der Waals surface area contributed by atoms with Gasteiger partial charge >= 0.3 is 0 Å². The van der Waals surface area contributed by atoms with Crippen LogP contribution in [0, 0.1) is 0 Å². The lowest BCUT2D eigenvalue weighted by molar-refractivity contribution is 0.0977. The summed E-state index contributed by atoms with van der Waals surface area (Å²) in [5, 5.41) is 5.75. The van der Waals surface area contributed by atoms with E-state index in [9.17, 15) is 4.79 Å². The molecule has 0 aliphatic heterocycles. The first kappa shape index (κ1) is 22.0. The molecule has 0 atom stereocenters. The van der Waals surface area contributed by atoms with Crippen molar-refractivity contribution >= 4 is 40.2 Å². The number of carbonyl (C=O) groups excluding carboxylic acids is 1. The molecule has 9 nitrogen and oxygen atoms in total. The predicted octanol–water partition coefficient (Wildman–Crippen LogP) is 4.04. The number of anilines is 1. The first-order chi connectivity index (χ1) is 16.0. The number of benzene rings is 2. The number of nitrogens with zero attached hydrogens (tertiary/aromatic N) is 2. The second-order valence-corrected chi connectivity index (χ2v) is 7.15. The van der Waals surface area contributed by atoms with Crippen LogP contribution in [0.4, 0.5) is 5.69 Å². The van der Waals surface area contributed by atoms with Gasteiger partial charge in [-0.15, -0.1) is 0 Å². The molecule has 0 spiro atoms. The van der Waals surface area contributed by atoms with Crippen molar-refractivity contribution in [2.45, 2.75) is 0 Å². The Morgan fingerprint density at radius 2 is 1.70 bits per heavy atom. The Labute approximate surface area is 194 Å². The number of amides is 1. The topological polar surface area (TPSA) is 108 Å². The fourth-order valence-electron chi connectivity index (χ4n) is 3.14. The summed E-state index contributed by atoms with van der Waals surface area (Å²) in [5.41, 5.74) is 2.93. The fourth-order valence-corrected chi connectivity index (χ4v) is 3.35. The average Bonchev–Trinajstić information content (AvgIpc) is 3.27. The highest BCUT2D eigenvalue weighted by molar-refractivity contribution is 7.80. The van der Waals surface area contributed by atoms with Gasteiger partial charge in [-0.05, 0) is 60.7 Å². The van der Waals surface area contributed by atoms with Crippen LogP contribution in [0.25, 0.3) is 22.7 Å². The van der Waals surface area contributed by atoms with E-state index in [2.05, 4.69) is 20.6 Å². The highest BCUT2D eigenvalue weighted by Crippen LogP contribution is 2.38. The third-order valence-corrected chi connectivity index (χ3v) is 4.91. The van der Waals surface area contributed by atoms with Gasteiger partial charge in [0, 0.05) is 23.0 Å². The van der Waals surface area contributed by atoms with Gasteiger partial charge in [0.2, 0.25) is 11.6 Å². The van der Waals surface area contributed by atoms with E-state index < -0.39 is 5.91 Å². The van der Waals surface area contributed by atoms with E-state index in [1.165, 1.54) is 21.3 Å². The fraction of sp³-hybridized carbons (Fsp3) is 0.130. The molecule has 2 N–H and O–H groups in total. The molecule has 2 aromatic carbocycles. The minimum Gasteiger partial charge on any atom is -0.493 e. The van der Waals surface area contributed by atoms with Crippen molar-refractivity contribution in [2.24, 2.45) is 0 Å². The Morgan fingerprint density at radius 3 is 2.30 bits per heavy atom. The molecule has 0 saturated heterocycles. The molecule has 1 amide bonds. The molecule has 0 bridgehead atoms. The molecule has 0 fully saturated rings. The molecule has 0 radical (unpaired) electrons. The van der Waals surface area contributed by atoms with E-state index in [1.807, 2.05) is 18.2 Å². The number of ether oxygens (including phenoxy) is 3. The molecular weight excluding hydrogens is 444 g/mol. The summed E-state index contributed by atoms with van der Waals surface area (Å²) in [6, 6.07) is 14.0. The van der Waals surface area contributed by atoms with E-state index in [0.29, 0.717) is 45.6 Å². The minimum atomic E-state index is -0.428. The van der Waals surface area contributed by atoms with Crippen LogP contribution in [0.3, 0.4) is 0 Å². The Kier molecular flexibility index (Phi) is 6.36. The Hall–Kier alpha value is -4.18. The number of aromatic nitrogens is 2. The maximum absolute atomic E-state index is 12.7. The van der Waals surface area contributed by atoms with Crippen molar-refractivity contribution in [3.05, 3.63) is 60.3 Å². The molecule has 10 heteroatoms. The van der Waals surface area contributed by atoms with E-state index in [0.717, 1.165) is 5.56 Å². The number of hydrogen-bond acceptors (Lipinski definition) is 8. The molecule has 2 aromatic heterocycles. The van der Waals surface area contributed by atoms with Crippen LogP contribution in [-0.4, -0.2) is 42.3 Å². The second-order valence-electron chi connectivity index (χ2n) is 6.74. The summed E-state index contributed by atoms with van der Waals surface area (Å²) in [6.07, 6.45) is 1.66. The average molecular weight is 465 g/mol. The third-order valence-electron chi connectivity index (χ3n) is 4.71. The smallest absolute Gasteiger partial charge is 0.257 e. The molecule has 0 saturated carbocycles. The zero-order chi connectivity index (χ0) is 23.4. The van der Waals surface area contributed by atoms with E-state index >= 15 is 0 Å². The maximum atomic E-state index is 12.7. The van der Waals surface area contributed by atoms with Crippen LogP contribution < -0.4 is 24.8 Å². The molecule has 2 heterocycles.